The highest BCUT2D eigenvalue weighted by Crippen LogP contribution is 2.19. The molecule has 0 spiro atoms. The third-order valence-electron chi connectivity index (χ3n) is 4.65. The molecule has 1 aromatic heterocycles. The molecule has 4 rings (SSSR count). The summed E-state index contributed by atoms with van der Waals surface area (Å²) < 4.78 is 1.48. The van der Waals surface area contributed by atoms with E-state index < -0.39 is 0 Å². The molecule has 1 aliphatic rings. The molecule has 0 unspecified atom stereocenters. The van der Waals surface area contributed by atoms with Crippen LogP contribution in [-0.4, -0.2) is 41.2 Å². The maximum absolute atomic E-state index is 12.5. The van der Waals surface area contributed by atoms with Crippen LogP contribution in [0, 0.1) is 0 Å². The first kappa shape index (κ1) is 16.1. The first-order valence-corrected chi connectivity index (χ1v) is 8.75. The quantitative estimate of drug-likeness (QED) is 0.754. The minimum absolute atomic E-state index is 0.0737. The molecule has 1 saturated heterocycles. The van der Waals surface area contributed by atoms with Crippen molar-refractivity contribution in [1.82, 2.24) is 15.0 Å². The van der Waals surface area contributed by atoms with Gasteiger partial charge in [0.15, 0.2) is 6.67 Å². The van der Waals surface area contributed by atoms with Gasteiger partial charge in [0.25, 0.3) is 5.56 Å². The fourth-order valence-electron chi connectivity index (χ4n) is 3.25. The summed E-state index contributed by atoms with van der Waals surface area (Å²) in [5, 5.41) is 9.62. The number of fused-ring (bicyclic) bond motifs is 1. The summed E-state index contributed by atoms with van der Waals surface area (Å²) in [6.45, 7) is 4.26. The molecule has 7 heteroatoms. The molecule has 6 nitrogen and oxygen atoms in total. The molecule has 25 heavy (non-hydrogen) atoms. The predicted octanol–water partition coefficient (Wildman–Crippen LogP) is 0.808. The van der Waals surface area contributed by atoms with Gasteiger partial charge in [-0.25, -0.2) is 0 Å². The van der Waals surface area contributed by atoms with Crippen molar-refractivity contribution >= 4 is 28.2 Å². The van der Waals surface area contributed by atoms with E-state index in [1.165, 1.54) is 9.58 Å². The van der Waals surface area contributed by atoms with Crippen molar-refractivity contribution in [3.63, 3.8) is 0 Å². The van der Waals surface area contributed by atoms with E-state index in [4.69, 9.17) is 11.6 Å². The van der Waals surface area contributed by atoms with Gasteiger partial charge in [-0.3, -0.25) is 4.79 Å². The van der Waals surface area contributed by atoms with E-state index in [2.05, 4.69) is 21.3 Å². The number of rotatable bonds is 3. The predicted molar refractivity (Wildman–Crippen MR) is 98.2 cm³/mol. The number of nitrogens with one attached hydrogen (secondary N) is 1. The number of aromatic nitrogens is 3. The van der Waals surface area contributed by atoms with E-state index in [0.29, 0.717) is 17.6 Å². The van der Waals surface area contributed by atoms with Crippen LogP contribution in [0.4, 0.5) is 5.69 Å². The smallest absolute Gasteiger partial charge is 0.282 e. The first-order valence-electron chi connectivity index (χ1n) is 8.37. The Morgan fingerprint density at radius 3 is 2.68 bits per heavy atom. The van der Waals surface area contributed by atoms with Gasteiger partial charge in [0.1, 0.15) is 5.52 Å². The van der Waals surface area contributed by atoms with Crippen LogP contribution in [-0.2, 0) is 6.67 Å². The second-order valence-corrected chi connectivity index (χ2v) is 6.72. The van der Waals surface area contributed by atoms with Gasteiger partial charge in [-0.2, -0.15) is 4.68 Å². The molecule has 0 saturated carbocycles. The second-order valence-electron chi connectivity index (χ2n) is 6.29. The van der Waals surface area contributed by atoms with Gasteiger partial charge in [0.2, 0.25) is 0 Å². The summed E-state index contributed by atoms with van der Waals surface area (Å²) in [7, 11) is 0. The molecule has 0 amide bonds. The molecule has 128 valence electrons. The monoisotopic (exact) mass is 356 g/mol. The van der Waals surface area contributed by atoms with Crippen molar-refractivity contribution in [3.8, 4) is 0 Å². The van der Waals surface area contributed by atoms with Crippen molar-refractivity contribution in [2.45, 2.75) is 6.67 Å². The highest BCUT2D eigenvalue weighted by molar-refractivity contribution is 6.30. The molecule has 3 aromatic rings. The Balaban J connectivity index is 1.45. The van der Waals surface area contributed by atoms with Crippen LogP contribution < -0.4 is 15.4 Å². The molecule has 0 bridgehead atoms. The minimum atomic E-state index is -0.0737. The number of nitrogens with zero attached hydrogens (tertiary/aromatic N) is 4. The largest absolute Gasteiger partial charge is 0.360 e. The molecule has 1 N–H and O–H groups in total. The minimum Gasteiger partial charge on any atom is -0.360 e. The van der Waals surface area contributed by atoms with Crippen LogP contribution in [0.1, 0.15) is 0 Å². The SMILES string of the molecule is O=c1c2ccccc2nnn1C[NH+]1CCN(c2cccc(Cl)c2)CC1. The molecule has 2 heterocycles. The van der Waals surface area contributed by atoms with Gasteiger partial charge in [-0.1, -0.05) is 35.0 Å². The lowest BCUT2D eigenvalue weighted by molar-refractivity contribution is -0.924. The number of halogens is 1. The number of anilines is 1. The second kappa shape index (κ2) is 6.82. The van der Waals surface area contributed by atoms with E-state index in [-0.39, 0.29) is 5.56 Å². The van der Waals surface area contributed by atoms with Gasteiger partial charge in [0.05, 0.1) is 31.6 Å². The topological polar surface area (TPSA) is 55.5 Å². The Hall–Kier alpha value is -2.44. The molecule has 0 aliphatic carbocycles. The van der Waals surface area contributed by atoms with Crippen molar-refractivity contribution in [3.05, 3.63) is 63.9 Å². The first-order chi connectivity index (χ1) is 12.2. The van der Waals surface area contributed by atoms with Crippen LogP contribution in [0.2, 0.25) is 5.02 Å². The Kier molecular flexibility index (Phi) is 4.38. The van der Waals surface area contributed by atoms with Gasteiger partial charge in [-0.15, -0.1) is 5.10 Å². The molecule has 0 radical (unpaired) electrons. The van der Waals surface area contributed by atoms with Crippen LogP contribution >= 0.6 is 11.6 Å². The molecular weight excluding hydrogens is 338 g/mol. The zero-order valence-electron chi connectivity index (χ0n) is 13.7. The van der Waals surface area contributed by atoms with Crippen molar-refractivity contribution in [2.24, 2.45) is 0 Å². The standard InChI is InChI=1S/C18H18ClN5O/c19-14-4-3-5-15(12-14)23-10-8-22(9-11-23)13-24-18(25)16-6-1-2-7-17(16)20-21-24/h1-7,12H,8-11,13H2/p+1. The molecule has 1 aliphatic heterocycles. The average Bonchev–Trinajstić information content (AvgIpc) is 2.65. The number of benzene rings is 2. The number of hydrogen-bond acceptors (Lipinski definition) is 4. The summed E-state index contributed by atoms with van der Waals surface area (Å²) >= 11 is 6.08. The van der Waals surface area contributed by atoms with E-state index in [9.17, 15) is 4.79 Å². The Bertz CT molecular complexity index is 949. The normalized spacial score (nSPS) is 15.6. The van der Waals surface area contributed by atoms with Crippen molar-refractivity contribution in [2.75, 3.05) is 31.1 Å². The molecule has 2 aromatic carbocycles. The van der Waals surface area contributed by atoms with Gasteiger partial charge >= 0.3 is 0 Å². The molecular formula is C18H19ClN5O+. The van der Waals surface area contributed by atoms with Gasteiger partial charge in [-0.05, 0) is 30.3 Å². The van der Waals surface area contributed by atoms with Crippen molar-refractivity contribution in [1.29, 1.82) is 0 Å². The number of quaternary nitrogens is 1. The van der Waals surface area contributed by atoms with Gasteiger partial charge < -0.3 is 9.80 Å². The summed E-state index contributed by atoms with van der Waals surface area (Å²) in [6.07, 6.45) is 0. The fourth-order valence-corrected chi connectivity index (χ4v) is 3.44. The number of hydrogen-bond donors (Lipinski definition) is 1. The van der Waals surface area contributed by atoms with Crippen LogP contribution in [0.5, 0.6) is 0 Å². The number of piperazine rings is 1. The highest BCUT2D eigenvalue weighted by Gasteiger charge is 2.21. The third kappa shape index (κ3) is 3.36. The Labute approximate surface area is 150 Å². The van der Waals surface area contributed by atoms with E-state index >= 15 is 0 Å². The third-order valence-corrected chi connectivity index (χ3v) is 4.88. The summed E-state index contributed by atoms with van der Waals surface area (Å²) in [6, 6.07) is 15.3. The van der Waals surface area contributed by atoms with E-state index in [1.54, 1.807) is 6.07 Å². The zero-order chi connectivity index (χ0) is 17.2. The maximum Gasteiger partial charge on any atom is 0.282 e. The van der Waals surface area contributed by atoms with Crippen LogP contribution in [0.25, 0.3) is 10.9 Å². The van der Waals surface area contributed by atoms with Crippen LogP contribution in [0.3, 0.4) is 0 Å². The summed E-state index contributed by atoms with van der Waals surface area (Å²) in [5.41, 5.74) is 1.72. The van der Waals surface area contributed by atoms with E-state index in [1.807, 2.05) is 36.4 Å². The maximum atomic E-state index is 12.5. The fraction of sp³-hybridized carbons (Fsp3) is 0.278. The highest BCUT2D eigenvalue weighted by atomic mass is 35.5. The van der Waals surface area contributed by atoms with Crippen molar-refractivity contribution < 1.29 is 4.90 Å². The molecule has 1 fully saturated rings. The molecule has 0 atom stereocenters. The zero-order valence-corrected chi connectivity index (χ0v) is 14.5. The summed E-state index contributed by atoms with van der Waals surface area (Å²) in [5.74, 6) is 0. The lowest BCUT2D eigenvalue weighted by atomic mass is 10.2. The van der Waals surface area contributed by atoms with Gasteiger partial charge in [0, 0.05) is 10.7 Å². The Morgan fingerprint density at radius 2 is 1.88 bits per heavy atom. The lowest BCUT2D eigenvalue weighted by Gasteiger charge is -2.33. The lowest BCUT2D eigenvalue weighted by Crippen LogP contribution is -3.14. The Morgan fingerprint density at radius 1 is 1.08 bits per heavy atom. The van der Waals surface area contributed by atoms with Crippen LogP contribution in [0.15, 0.2) is 53.3 Å². The van der Waals surface area contributed by atoms with E-state index in [0.717, 1.165) is 36.9 Å². The average molecular weight is 357 g/mol. The summed E-state index contributed by atoms with van der Waals surface area (Å²) in [4.78, 5) is 16.2.